The van der Waals surface area contributed by atoms with Crippen LogP contribution in [0.15, 0.2) is 30.5 Å². The highest BCUT2D eigenvalue weighted by molar-refractivity contribution is 5.43. The molecule has 0 atom stereocenters. The minimum Gasteiger partial charge on any atom is -0.493 e. The largest absolute Gasteiger partial charge is 0.493 e. The van der Waals surface area contributed by atoms with Crippen molar-refractivity contribution in [3.8, 4) is 11.5 Å². The molecule has 0 unspecified atom stereocenters. The van der Waals surface area contributed by atoms with Crippen molar-refractivity contribution < 1.29 is 9.47 Å². The highest BCUT2D eigenvalue weighted by atomic mass is 16.5. The van der Waals surface area contributed by atoms with Gasteiger partial charge in [0.25, 0.3) is 0 Å². The van der Waals surface area contributed by atoms with Gasteiger partial charge in [0.15, 0.2) is 11.5 Å². The zero-order valence-corrected chi connectivity index (χ0v) is 12.5. The van der Waals surface area contributed by atoms with E-state index in [0.29, 0.717) is 5.95 Å². The molecule has 0 radical (unpaired) electrons. The van der Waals surface area contributed by atoms with Crippen LogP contribution in [0, 0.1) is 0 Å². The normalized spacial score (nSPS) is 10.0. The average Bonchev–Trinajstić information content (AvgIpc) is 2.55. The first-order chi connectivity index (χ1) is 10.3. The fourth-order valence-corrected chi connectivity index (χ4v) is 1.95. The molecule has 21 heavy (non-hydrogen) atoms. The van der Waals surface area contributed by atoms with E-state index in [9.17, 15) is 0 Å². The molecular weight excluding hydrogens is 268 g/mol. The van der Waals surface area contributed by atoms with Crippen LogP contribution in [-0.4, -0.2) is 37.8 Å². The summed E-state index contributed by atoms with van der Waals surface area (Å²) in [6.45, 7) is 0.773. The highest BCUT2D eigenvalue weighted by Crippen LogP contribution is 2.27. The van der Waals surface area contributed by atoms with E-state index in [4.69, 9.17) is 9.47 Å². The number of nitrogens with one attached hydrogen (secondary N) is 2. The summed E-state index contributed by atoms with van der Waals surface area (Å²) in [5.74, 6) is 2.89. The minimum absolute atomic E-state index is 0.603. The maximum absolute atomic E-state index is 5.30. The third-order valence-electron chi connectivity index (χ3n) is 3.05. The van der Waals surface area contributed by atoms with Crippen LogP contribution in [0.3, 0.4) is 0 Å². The van der Waals surface area contributed by atoms with E-state index in [1.165, 1.54) is 5.56 Å². The molecule has 2 aromatic rings. The third kappa shape index (κ3) is 3.98. The predicted octanol–water partition coefficient (Wildman–Crippen LogP) is 2.19. The average molecular weight is 288 g/mol. The molecule has 6 heteroatoms. The third-order valence-corrected chi connectivity index (χ3v) is 3.05. The molecule has 2 N–H and O–H groups in total. The van der Waals surface area contributed by atoms with Crippen LogP contribution in [0.2, 0.25) is 0 Å². The summed E-state index contributed by atoms with van der Waals surface area (Å²) in [6.07, 6.45) is 2.58. The molecule has 1 aromatic carbocycles. The van der Waals surface area contributed by atoms with Gasteiger partial charge < -0.3 is 20.1 Å². The van der Waals surface area contributed by atoms with Gasteiger partial charge in [-0.2, -0.15) is 4.98 Å². The number of hydrogen-bond donors (Lipinski definition) is 2. The standard InChI is InChI=1S/C15H20N4O2/c1-16-15-18-9-7-14(19-15)17-8-6-11-4-5-12(20-2)13(10-11)21-3/h4-5,7,9-10H,6,8H2,1-3H3,(H2,16,17,18,19). The summed E-state index contributed by atoms with van der Waals surface area (Å²) < 4.78 is 10.5. The first-order valence-electron chi connectivity index (χ1n) is 6.72. The molecule has 0 aliphatic carbocycles. The Kier molecular flexibility index (Phi) is 5.20. The summed E-state index contributed by atoms with van der Waals surface area (Å²) in [4.78, 5) is 8.38. The first-order valence-corrected chi connectivity index (χ1v) is 6.72. The maximum atomic E-state index is 5.30. The van der Waals surface area contributed by atoms with Gasteiger partial charge in [0.2, 0.25) is 5.95 Å². The summed E-state index contributed by atoms with van der Waals surface area (Å²) in [5.41, 5.74) is 1.17. The number of rotatable bonds is 7. The topological polar surface area (TPSA) is 68.3 Å². The van der Waals surface area contributed by atoms with Crippen LogP contribution in [-0.2, 0) is 6.42 Å². The van der Waals surface area contributed by atoms with Gasteiger partial charge >= 0.3 is 0 Å². The molecule has 0 saturated heterocycles. The van der Waals surface area contributed by atoms with Gasteiger partial charge in [0.1, 0.15) is 5.82 Å². The number of aromatic nitrogens is 2. The van der Waals surface area contributed by atoms with Crippen molar-refractivity contribution >= 4 is 11.8 Å². The van der Waals surface area contributed by atoms with Gasteiger partial charge in [0, 0.05) is 19.8 Å². The second-order valence-electron chi connectivity index (χ2n) is 4.38. The Labute approximate surface area is 124 Å². The van der Waals surface area contributed by atoms with Gasteiger partial charge in [0.05, 0.1) is 14.2 Å². The van der Waals surface area contributed by atoms with Crippen LogP contribution in [0.25, 0.3) is 0 Å². The molecule has 6 nitrogen and oxygen atoms in total. The number of hydrogen-bond acceptors (Lipinski definition) is 6. The van der Waals surface area contributed by atoms with E-state index in [1.54, 1.807) is 27.5 Å². The van der Waals surface area contributed by atoms with Crippen LogP contribution in [0.4, 0.5) is 11.8 Å². The van der Waals surface area contributed by atoms with Crippen molar-refractivity contribution in [1.29, 1.82) is 0 Å². The zero-order valence-electron chi connectivity index (χ0n) is 12.5. The van der Waals surface area contributed by atoms with Crippen molar-refractivity contribution in [2.24, 2.45) is 0 Å². The second kappa shape index (κ2) is 7.33. The molecule has 1 aromatic heterocycles. The Hall–Kier alpha value is -2.50. The van der Waals surface area contributed by atoms with Gasteiger partial charge in [-0.3, -0.25) is 0 Å². The molecule has 0 aliphatic heterocycles. The van der Waals surface area contributed by atoms with E-state index in [0.717, 1.165) is 30.3 Å². The fourth-order valence-electron chi connectivity index (χ4n) is 1.95. The quantitative estimate of drug-likeness (QED) is 0.814. The molecule has 2 rings (SSSR count). The van der Waals surface area contributed by atoms with Crippen molar-refractivity contribution in [3.63, 3.8) is 0 Å². The van der Waals surface area contributed by atoms with Crippen molar-refractivity contribution in [2.45, 2.75) is 6.42 Å². The minimum atomic E-state index is 0.603. The summed E-state index contributed by atoms with van der Waals surface area (Å²) in [6, 6.07) is 7.77. The molecule has 112 valence electrons. The van der Waals surface area contributed by atoms with E-state index in [-0.39, 0.29) is 0 Å². The number of ether oxygens (including phenoxy) is 2. The Balaban J connectivity index is 1.93. The molecule has 0 amide bonds. The van der Waals surface area contributed by atoms with E-state index in [2.05, 4.69) is 20.6 Å². The number of nitrogens with zero attached hydrogens (tertiary/aromatic N) is 2. The van der Waals surface area contributed by atoms with Crippen molar-refractivity contribution in [3.05, 3.63) is 36.0 Å². The zero-order chi connectivity index (χ0) is 15.1. The van der Waals surface area contributed by atoms with Gasteiger partial charge in [-0.15, -0.1) is 0 Å². The lowest BCUT2D eigenvalue weighted by Gasteiger charge is -2.10. The fraction of sp³-hybridized carbons (Fsp3) is 0.333. The Morgan fingerprint density at radius 3 is 2.62 bits per heavy atom. The molecule has 1 heterocycles. The van der Waals surface area contributed by atoms with Gasteiger partial charge in [-0.25, -0.2) is 4.98 Å². The number of methoxy groups -OCH3 is 2. The Bertz CT molecular complexity index is 590. The molecule has 0 bridgehead atoms. The molecule has 0 fully saturated rings. The molecule has 0 saturated carbocycles. The molecular formula is C15H20N4O2. The summed E-state index contributed by atoms with van der Waals surface area (Å²) >= 11 is 0. The maximum Gasteiger partial charge on any atom is 0.224 e. The molecule has 0 aliphatic rings. The van der Waals surface area contributed by atoms with Crippen molar-refractivity contribution in [1.82, 2.24) is 9.97 Å². The molecule has 0 spiro atoms. The lowest BCUT2D eigenvalue weighted by molar-refractivity contribution is 0.354. The SMILES string of the molecule is CNc1nccc(NCCc2ccc(OC)c(OC)c2)n1. The number of benzene rings is 1. The van der Waals surface area contributed by atoms with Crippen LogP contribution in [0.5, 0.6) is 11.5 Å². The lowest BCUT2D eigenvalue weighted by atomic mass is 10.1. The Morgan fingerprint density at radius 1 is 1.10 bits per heavy atom. The van der Waals surface area contributed by atoms with E-state index in [1.807, 2.05) is 24.3 Å². The number of anilines is 2. The lowest BCUT2D eigenvalue weighted by Crippen LogP contribution is -2.08. The van der Waals surface area contributed by atoms with Crippen molar-refractivity contribution in [2.75, 3.05) is 38.4 Å². The van der Waals surface area contributed by atoms with Gasteiger partial charge in [-0.1, -0.05) is 6.07 Å². The van der Waals surface area contributed by atoms with E-state index < -0.39 is 0 Å². The predicted molar refractivity (Wildman–Crippen MR) is 83.3 cm³/mol. The summed E-state index contributed by atoms with van der Waals surface area (Å²) in [5, 5.41) is 6.18. The highest BCUT2D eigenvalue weighted by Gasteiger charge is 2.04. The summed E-state index contributed by atoms with van der Waals surface area (Å²) in [7, 11) is 5.07. The van der Waals surface area contributed by atoms with Crippen LogP contribution >= 0.6 is 0 Å². The smallest absolute Gasteiger partial charge is 0.224 e. The second-order valence-corrected chi connectivity index (χ2v) is 4.38. The first kappa shape index (κ1) is 14.9. The van der Waals surface area contributed by atoms with Crippen LogP contribution < -0.4 is 20.1 Å². The Morgan fingerprint density at radius 2 is 1.90 bits per heavy atom. The van der Waals surface area contributed by atoms with E-state index >= 15 is 0 Å². The van der Waals surface area contributed by atoms with Gasteiger partial charge in [-0.05, 0) is 30.2 Å². The monoisotopic (exact) mass is 288 g/mol. The van der Waals surface area contributed by atoms with Crippen LogP contribution in [0.1, 0.15) is 5.56 Å².